The highest BCUT2D eigenvalue weighted by atomic mass is 19.1. The van der Waals surface area contributed by atoms with Crippen LogP contribution >= 0.6 is 0 Å². The maximum absolute atomic E-state index is 14.2. The van der Waals surface area contributed by atoms with Crippen molar-refractivity contribution >= 4 is 22.8 Å². The molecular weight excluding hydrogens is 440 g/mol. The van der Waals surface area contributed by atoms with Crippen LogP contribution in [0.3, 0.4) is 0 Å². The number of carbonyl (C=O) groups is 1. The minimum Gasteiger partial charge on any atom is -0.494 e. The van der Waals surface area contributed by atoms with Crippen molar-refractivity contribution in [3.8, 4) is 16.9 Å². The molecule has 0 radical (unpaired) electrons. The molecule has 0 aliphatic carbocycles. The lowest BCUT2D eigenvalue weighted by molar-refractivity contribution is 0.199. The average Bonchev–Trinajstić information content (AvgIpc) is 3.47. The summed E-state index contributed by atoms with van der Waals surface area (Å²) in [6.07, 6.45) is 1.55. The van der Waals surface area contributed by atoms with Gasteiger partial charge in [0.15, 0.2) is 5.58 Å². The van der Waals surface area contributed by atoms with Gasteiger partial charge in [-0.05, 0) is 73.9 Å². The maximum Gasteiger partial charge on any atom is 0.322 e. The summed E-state index contributed by atoms with van der Waals surface area (Å²) in [4.78, 5) is 19.3. The van der Waals surface area contributed by atoms with Crippen molar-refractivity contribution in [2.45, 2.75) is 25.8 Å². The van der Waals surface area contributed by atoms with Gasteiger partial charge in [0.2, 0.25) is 5.89 Å². The number of nitrogens with zero attached hydrogens (tertiary/aromatic N) is 2. The fourth-order valence-electron chi connectivity index (χ4n) is 4.24. The van der Waals surface area contributed by atoms with E-state index >= 15 is 0 Å². The van der Waals surface area contributed by atoms with Gasteiger partial charge in [0, 0.05) is 23.9 Å². The number of benzene rings is 3. The summed E-state index contributed by atoms with van der Waals surface area (Å²) in [5.74, 6) is -0.0936. The van der Waals surface area contributed by atoms with Crippen LogP contribution in [0.4, 0.5) is 19.3 Å². The number of anilines is 1. The van der Waals surface area contributed by atoms with Crippen LogP contribution in [0, 0.1) is 11.6 Å². The van der Waals surface area contributed by atoms with Gasteiger partial charge < -0.3 is 19.4 Å². The molecule has 1 fully saturated rings. The average molecular weight is 463 g/mol. The van der Waals surface area contributed by atoms with Crippen LogP contribution in [0.1, 0.15) is 31.7 Å². The first kappa shape index (κ1) is 21.9. The van der Waals surface area contributed by atoms with E-state index in [1.807, 2.05) is 19.1 Å². The molecule has 6 nitrogen and oxygen atoms in total. The second kappa shape index (κ2) is 9.13. The van der Waals surface area contributed by atoms with E-state index in [1.165, 1.54) is 12.1 Å². The third-order valence-corrected chi connectivity index (χ3v) is 5.86. The molecule has 0 bridgehead atoms. The number of hydrogen-bond acceptors (Lipinski definition) is 4. The largest absolute Gasteiger partial charge is 0.494 e. The van der Waals surface area contributed by atoms with E-state index in [1.54, 1.807) is 35.2 Å². The summed E-state index contributed by atoms with van der Waals surface area (Å²) in [6, 6.07) is 15.3. The van der Waals surface area contributed by atoms with Gasteiger partial charge in [-0.2, -0.15) is 0 Å². The molecule has 1 saturated heterocycles. The van der Waals surface area contributed by atoms with E-state index in [0.29, 0.717) is 41.4 Å². The van der Waals surface area contributed by atoms with Crippen molar-refractivity contribution in [1.29, 1.82) is 0 Å². The highest BCUT2D eigenvalue weighted by Crippen LogP contribution is 2.35. The smallest absolute Gasteiger partial charge is 0.322 e. The highest BCUT2D eigenvalue weighted by Gasteiger charge is 2.33. The second-order valence-corrected chi connectivity index (χ2v) is 8.10. The minimum atomic E-state index is -0.643. The molecule has 2 heterocycles. The molecule has 34 heavy (non-hydrogen) atoms. The van der Waals surface area contributed by atoms with Crippen LogP contribution in [0.5, 0.6) is 5.75 Å². The fourth-order valence-corrected chi connectivity index (χ4v) is 4.24. The van der Waals surface area contributed by atoms with Crippen molar-refractivity contribution in [2.24, 2.45) is 0 Å². The molecule has 0 saturated carbocycles. The Morgan fingerprint density at radius 2 is 1.97 bits per heavy atom. The van der Waals surface area contributed by atoms with Crippen molar-refractivity contribution < 1.29 is 22.7 Å². The quantitative estimate of drug-likeness (QED) is 0.365. The van der Waals surface area contributed by atoms with E-state index in [0.717, 1.165) is 24.7 Å². The Bertz CT molecular complexity index is 1340. The molecule has 2 amide bonds. The van der Waals surface area contributed by atoms with Crippen LogP contribution in [0.15, 0.2) is 65.1 Å². The SMILES string of the molecule is CCOc1ccc(NC(=O)N2CCC[C@@H]2c2nc3cc(-c4ccc(F)cc4F)ccc3o2)cc1. The van der Waals surface area contributed by atoms with Crippen molar-refractivity contribution in [1.82, 2.24) is 9.88 Å². The Morgan fingerprint density at radius 3 is 2.74 bits per heavy atom. The van der Waals surface area contributed by atoms with E-state index < -0.39 is 11.6 Å². The van der Waals surface area contributed by atoms with Gasteiger partial charge in [-0.25, -0.2) is 18.6 Å². The van der Waals surface area contributed by atoms with E-state index in [-0.39, 0.29) is 17.6 Å². The molecule has 3 aromatic carbocycles. The molecule has 1 N–H and O–H groups in total. The number of aromatic nitrogens is 1. The molecule has 5 rings (SSSR count). The number of fused-ring (bicyclic) bond motifs is 1. The molecule has 1 aliphatic heterocycles. The Morgan fingerprint density at radius 1 is 1.15 bits per heavy atom. The highest BCUT2D eigenvalue weighted by molar-refractivity contribution is 5.90. The normalized spacial score (nSPS) is 15.6. The Kier molecular flexibility index (Phi) is 5.88. The molecular formula is C26H23F2N3O3. The summed E-state index contributed by atoms with van der Waals surface area (Å²) in [6.45, 7) is 3.07. The van der Waals surface area contributed by atoms with Crippen LogP contribution in [0.25, 0.3) is 22.2 Å². The summed E-state index contributed by atoms with van der Waals surface area (Å²) in [5, 5.41) is 2.92. The molecule has 8 heteroatoms. The third kappa shape index (κ3) is 4.31. The Balaban J connectivity index is 1.36. The van der Waals surface area contributed by atoms with Gasteiger partial charge in [0.1, 0.15) is 28.9 Å². The predicted molar refractivity (Wildman–Crippen MR) is 125 cm³/mol. The zero-order valence-electron chi connectivity index (χ0n) is 18.6. The third-order valence-electron chi connectivity index (χ3n) is 5.86. The van der Waals surface area contributed by atoms with E-state index in [2.05, 4.69) is 10.3 Å². The lowest BCUT2D eigenvalue weighted by atomic mass is 10.0. The summed E-state index contributed by atoms with van der Waals surface area (Å²) >= 11 is 0. The lowest BCUT2D eigenvalue weighted by Gasteiger charge is -2.22. The first-order chi connectivity index (χ1) is 16.5. The minimum absolute atomic E-state index is 0.233. The van der Waals surface area contributed by atoms with E-state index in [9.17, 15) is 13.6 Å². The topological polar surface area (TPSA) is 67.6 Å². The van der Waals surface area contributed by atoms with Gasteiger partial charge in [-0.3, -0.25) is 0 Å². The van der Waals surface area contributed by atoms with Crippen molar-refractivity contribution in [3.05, 3.63) is 78.2 Å². The Hall–Kier alpha value is -3.94. The lowest BCUT2D eigenvalue weighted by Crippen LogP contribution is -2.34. The standard InChI is InChI=1S/C26H23F2N3O3/c1-2-33-19-9-7-18(8-10-19)29-26(32)31-13-3-4-23(31)25-30-22-14-16(5-12-24(22)34-25)20-11-6-17(27)15-21(20)28/h5-12,14-15,23H,2-4,13H2,1H3,(H,29,32)/t23-/m1/s1. The number of hydrogen-bond donors (Lipinski definition) is 1. The molecule has 1 atom stereocenters. The van der Waals surface area contributed by atoms with E-state index in [4.69, 9.17) is 9.15 Å². The van der Waals surface area contributed by atoms with Crippen LogP contribution < -0.4 is 10.1 Å². The maximum atomic E-state index is 14.2. The van der Waals surface area contributed by atoms with Crippen LogP contribution in [-0.4, -0.2) is 29.1 Å². The zero-order chi connectivity index (χ0) is 23.7. The summed E-state index contributed by atoms with van der Waals surface area (Å²) < 4.78 is 38.9. The molecule has 174 valence electrons. The second-order valence-electron chi connectivity index (χ2n) is 8.10. The van der Waals surface area contributed by atoms with Gasteiger partial charge >= 0.3 is 6.03 Å². The van der Waals surface area contributed by atoms with Gasteiger partial charge in [0.25, 0.3) is 0 Å². The summed E-state index contributed by atoms with van der Waals surface area (Å²) in [7, 11) is 0. The van der Waals surface area contributed by atoms with Crippen molar-refractivity contribution in [3.63, 3.8) is 0 Å². The number of urea groups is 1. The molecule has 0 unspecified atom stereocenters. The van der Waals surface area contributed by atoms with Gasteiger partial charge in [-0.15, -0.1) is 0 Å². The fraction of sp³-hybridized carbons (Fsp3) is 0.231. The van der Waals surface area contributed by atoms with Crippen molar-refractivity contribution in [2.75, 3.05) is 18.5 Å². The summed E-state index contributed by atoms with van der Waals surface area (Å²) in [5.41, 5.74) is 2.61. The van der Waals surface area contributed by atoms with Crippen LogP contribution in [0.2, 0.25) is 0 Å². The first-order valence-corrected chi connectivity index (χ1v) is 11.2. The molecule has 1 aromatic heterocycles. The number of oxazole rings is 1. The molecule has 0 spiro atoms. The monoisotopic (exact) mass is 463 g/mol. The molecule has 1 aliphatic rings. The number of likely N-dealkylation sites (tertiary alicyclic amines) is 1. The number of carbonyl (C=O) groups excluding carboxylic acids is 1. The molecule has 4 aromatic rings. The Labute approximate surface area is 195 Å². The number of ether oxygens (including phenoxy) is 1. The zero-order valence-corrected chi connectivity index (χ0v) is 18.6. The number of nitrogens with one attached hydrogen (secondary N) is 1. The van der Waals surface area contributed by atoms with Crippen LogP contribution in [-0.2, 0) is 0 Å². The first-order valence-electron chi connectivity index (χ1n) is 11.2. The number of amides is 2. The number of halogens is 2. The van der Waals surface area contributed by atoms with Gasteiger partial charge in [0.05, 0.1) is 6.61 Å². The number of rotatable bonds is 5. The predicted octanol–water partition coefficient (Wildman–Crippen LogP) is 6.54. The van der Waals surface area contributed by atoms with Gasteiger partial charge in [-0.1, -0.05) is 6.07 Å².